The van der Waals surface area contributed by atoms with E-state index in [1.54, 1.807) is 0 Å². The first-order chi connectivity index (χ1) is 6.78. The van der Waals surface area contributed by atoms with E-state index in [2.05, 4.69) is 18.2 Å². The molecule has 0 atom stereocenters. The highest BCUT2D eigenvalue weighted by atomic mass is 16.3. The molecule has 1 heterocycles. The number of aliphatic hydroxyl groups is 1. The molecule has 1 aromatic rings. The minimum atomic E-state index is 0.182. The Morgan fingerprint density at radius 1 is 1.57 bits per heavy atom. The molecule has 0 radical (unpaired) electrons. The van der Waals surface area contributed by atoms with Gasteiger partial charge in [0.15, 0.2) is 0 Å². The molecule has 0 aliphatic heterocycles. The first-order valence-electron chi connectivity index (χ1n) is 5.40. The number of hydrogen-bond donors (Lipinski definition) is 1. The van der Waals surface area contributed by atoms with Gasteiger partial charge in [-0.3, -0.25) is 4.68 Å². The van der Waals surface area contributed by atoms with Gasteiger partial charge in [0.05, 0.1) is 6.20 Å². The molecule has 0 spiro atoms. The summed E-state index contributed by atoms with van der Waals surface area (Å²) in [7, 11) is 0. The quantitative estimate of drug-likeness (QED) is 0.790. The van der Waals surface area contributed by atoms with Crippen molar-refractivity contribution in [3.05, 3.63) is 18.0 Å². The predicted octanol–water partition coefficient (Wildman–Crippen LogP) is 1.61. The van der Waals surface area contributed by atoms with Gasteiger partial charge in [-0.05, 0) is 37.2 Å². The minimum Gasteiger partial charge on any atom is -0.396 e. The average molecular weight is 194 g/mol. The van der Waals surface area contributed by atoms with Crippen molar-refractivity contribution in [2.24, 2.45) is 5.41 Å². The third-order valence-electron chi connectivity index (χ3n) is 3.34. The van der Waals surface area contributed by atoms with Gasteiger partial charge in [0.1, 0.15) is 0 Å². The molecule has 1 N–H and O–H groups in total. The Balaban J connectivity index is 2.02. The van der Waals surface area contributed by atoms with Crippen molar-refractivity contribution < 1.29 is 5.11 Å². The molecule has 78 valence electrons. The summed E-state index contributed by atoms with van der Waals surface area (Å²) < 4.78 is 1.94. The van der Waals surface area contributed by atoms with Crippen LogP contribution in [0.5, 0.6) is 0 Å². The zero-order valence-corrected chi connectivity index (χ0v) is 8.74. The Hall–Kier alpha value is -0.830. The maximum atomic E-state index is 9.33. The van der Waals surface area contributed by atoms with Gasteiger partial charge in [-0.25, -0.2) is 0 Å². The van der Waals surface area contributed by atoms with Crippen LogP contribution in [0.4, 0.5) is 0 Å². The lowest BCUT2D eigenvalue weighted by Crippen LogP contribution is -2.35. The molecule has 3 heteroatoms. The first kappa shape index (κ1) is 9.71. The van der Waals surface area contributed by atoms with Gasteiger partial charge in [0.25, 0.3) is 0 Å². The van der Waals surface area contributed by atoms with Crippen LogP contribution in [0.25, 0.3) is 0 Å². The molecule has 1 aliphatic rings. The summed E-state index contributed by atoms with van der Waals surface area (Å²) in [6.45, 7) is 3.33. The maximum absolute atomic E-state index is 9.33. The van der Waals surface area contributed by atoms with Crippen LogP contribution in [-0.2, 0) is 13.0 Å². The molecule has 14 heavy (non-hydrogen) atoms. The third-order valence-corrected chi connectivity index (χ3v) is 3.34. The van der Waals surface area contributed by atoms with Crippen molar-refractivity contribution in [1.29, 1.82) is 0 Å². The van der Waals surface area contributed by atoms with Gasteiger partial charge in [0.2, 0.25) is 0 Å². The van der Waals surface area contributed by atoms with Crippen LogP contribution in [-0.4, -0.2) is 21.5 Å². The number of aromatic nitrogens is 2. The van der Waals surface area contributed by atoms with E-state index in [0.29, 0.717) is 6.61 Å². The highest BCUT2D eigenvalue weighted by molar-refractivity contribution is 5.09. The SMILES string of the molecule is CCn1cc(CC2(CO)CCC2)cn1. The highest BCUT2D eigenvalue weighted by Crippen LogP contribution is 2.43. The van der Waals surface area contributed by atoms with E-state index in [4.69, 9.17) is 0 Å². The molecule has 2 rings (SSSR count). The van der Waals surface area contributed by atoms with Crippen molar-refractivity contribution in [3.8, 4) is 0 Å². The van der Waals surface area contributed by atoms with Crippen molar-refractivity contribution in [2.75, 3.05) is 6.61 Å². The largest absolute Gasteiger partial charge is 0.396 e. The molecule has 1 aliphatic carbocycles. The minimum absolute atomic E-state index is 0.182. The van der Waals surface area contributed by atoms with E-state index in [1.807, 2.05) is 10.9 Å². The molecular formula is C11H18N2O. The number of nitrogens with zero attached hydrogens (tertiary/aromatic N) is 2. The molecular weight excluding hydrogens is 176 g/mol. The lowest BCUT2D eigenvalue weighted by atomic mass is 9.66. The van der Waals surface area contributed by atoms with E-state index in [0.717, 1.165) is 13.0 Å². The second kappa shape index (κ2) is 3.73. The van der Waals surface area contributed by atoms with E-state index in [1.165, 1.54) is 24.8 Å². The van der Waals surface area contributed by atoms with E-state index >= 15 is 0 Å². The average Bonchev–Trinajstić information content (AvgIpc) is 2.59. The van der Waals surface area contributed by atoms with Crippen LogP contribution in [0.15, 0.2) is 12.4 Å². The van der Waals surface area contributed by atoms with Crippen molar-refractivity contribution in [1.82, 2.24) is 9.78 Å². The number of hydrogen-bond acceptors (Lipinski definition) is 2. The Bertz CT molecular complexity index is 296. The fraction of sp³-hybridized carbons (Fsp3) is 0.727. The molecule has 0 aromatic carbocycles. The topological polar surface area (TPSA) is 38.0 Å². The van der Waals surface area contributed by atoms with E-state index < -0.39 is 0 Å². The summed E-state index contributed by atoms with van der Waals surface area (Å²) in [5.41, 5.74) is 1.45. The molecule has 1 aromatic heterocycles. The summed E-state index contributed by atoms with van der Waals surface area (Å²) in [6, 6.07) is 0. The van der Waals surface area contributed by atoms with Crippen LogP contribution in [0, 0.1) is 5.41 Å². The molecule has 0 saturated heterocycles. The third kappa shape index (κ3) is 1.69. The molecule has 0 unspecified atom stereocenters. The van der Waals surface area contributed by atoms with Gasteiger partial charge in [-0.2, -0.15) is 5.10 Å². The fourth-order valence-electron chi connectivity index (χ4n) is 2.17. The van der Waals surface area contributed by atoms with Gasteiger partial charge in [0, 0.05) is 19.3 Å². The normalized spacial score (nSPS) is 19.3. The van der Waals surface area contributed by atoms with Crippen LogP contribution < -0.4 is 0 Å². The molecule has 0 bridgehead atoms. The zero-order valence-electron chi connectivity index (χ0n) is 8.74. The lowest BCUT2D eigenvalue weighted by Gasteiger charge is -2.40. The Labute approximate surface area is 84.7 Å². The summed E-state index contributed by atoms with van der Waals surface area (Å²) in [5.74, 6) is 0. The molecule has 0 amide bonds. The predicted molar refractivity (Wildman–Crippen MR) is 55.0 cm³/mol. The maximum Gasteiger partial charge on any atom is 0.0521 e. The zero-order chi connectivity index (χ0) is 10.0. The summed E-state index contributed by atoms with van der Waals surface area (Å²) >= 11 is 0. The fourth-order valence-corrected chi connectivity index (χ4v) is 2.17. The van der Waals surface area contributed by atoms with Crippen molar-refractivity contribution in [3.63, 3.8) is 0 Å². The smallest absolute Gasteiger partial charge is 0.0521 e. The molecule has 1 saturated carbocycles. The Kier molecular flexibility index (Phi) is 2.59. The second-order valence-corrected chi connectivity index (χ2v) is 4.39. The number of aliphatic hydroxyl groups excluding tert-OH is 1. The molecule has 3 nitrogen and oxygen atoms in total. The Morgan fingerprint density at radius 3 is 2.79 bits per heavy atom. The number of rotatable bonds is 4. The monoisotopic (exact) mass is 194 g/mol. The van der Waals surface area contributed by atoms with E-state index in [-0.39, 0.29) is 5.41 Å². The van der Waals surface area contributed by atoms with E-state index in [9.17, 15) is 5.11 Å². The highest BCUT2D eigenvalue weighted by Gasteiger charge is 2.36. The molecule has 1 fully saturated rings. The first-order valence-corrected chi connectivity index (χ1v) is 5.40. The van der Waals surface area contributed by atoms with Gasteiger partial charge < -0.3 is 5.11 Å². The second-order valence-electron chi connectivity index (χ2n) is 4.39. The summed E-state index contributed by atoms with van der Waals surface area (Å²) in [4.78, 5) is 0. The van der Waals surface area contributed by atoms with Crippen LogP contribution in [0.1, 0.15) is 31.7 Å². The summed E-state index contributed by atoms with van der Waals surface area (Å²) in [5, 5.41) is 13.6. The van der Waals surface area contributed by atoms with Gasteiger partial charge >= 0.3 is 0 Å². The van der Waals surface area contributed by atoms with Crippen LogP contribution in [0.3, 0.4) is 0 Å². The van der Waals surface area contributed by atoms with Crippen LogP contribution >= 0.6 is 0 Å². The van der Waals surface area contributed by atoms with Crippen molar-refractivity contribution >= 4 is 0 Å². The standard InChI is InChI=1S/C11H18N2O/c1-2-13-8-10(7-12-13)6-11(9-14)4-3-5-11/h7-8,14H,2-6,9H2,1H3. The number of aryl methyl sites for hydroxylation is 1. The lowest BCUT2D eigenvalue weighted by molar-refractivity contribution is 0.0450. The van der Waals surface area contributed by atoms with Gasteiger partial charge in [-0.15, -0.1) is 0 Å². The van der Waals surface area contributed by atoms with Crippen molar-refractivity contribution in [2.45, 2.75) is 39.2 Å². The van der Waals surface area contributed by atoms with Crippen LogP contribution in [0.2, 0.25) is 0 Å². The Morgan fingerprint density at radius 2 is 2.36 bits per heavy atom. The summed E-state index contributed by atoms with van der Waals surface area (Å²) in [6.07, 6.45) is 8.61. The van der Waals surface area contributed by atoms with Gasteiger partial charge in [-0.1, -0.05) is 6.42 Å².